The van der Waals surface area contributed by atoms with Crippen LogP contribution in [0.1, 0.15) is 33.3 Å². The first-order valence-electron chi connectivity index (χ1n) is 6.54. The lowest BCUT2D eigenvalue weighted by Crippen LogP contribution is -2.30. The lowest BCUT2D eigenvalue weighted by Gasteiger charge is -2.26. The smallest absolute Gasteiger partial charge is 0.124 e. The Bertz CT molecular complexity index is 347. The minimum Gasteiger partial charge on any atom is -0.299 e. The maximum atomic E-state index is 13.4. The van der Waals surface area contributed by atoms with Crippen molar-refractivity contribution in [3.8, 4) is 0 Å². The van der Waals surface area contributed by atoms with E-state index in [1.165, 1.54) is 6.07 Å². The van der Waals surface area contributed by atoms with E-state index in [1.54, 1.807) is 6.07 Å². The molecule has 18 heavy (non-hydrogen) atoms. The molecule has 3 heteroatoms. The summed E-state index contributed by atoms with van der Waals surface area (Å²) in [4.78, 5) is 2.40. The zero-order chi connectivity index (χ0) is 13.7. The molecule has 0 bridgehead atoms. The summed E-state index contributed by atoms with van der Waals surface area (Å²) < 4.78 is 14.2. The minimum atomic E-state index is -0.173. The molecular weight excluding hydrogens is 293 g/mol. The van der Waals surface area contributed by atoms with E-state index in [9.17, 15) is 4.39 Å². The molecule has 0 fully saturated rings. The summed E-state index contributed by atoms with van der Waals surface area (Å²) in [7, 11) is 0. The van der Waals surface area contributed by atoms with Gasteiger partial charge in [0.25, 0.3) is 0 Å². The Hall–Kier alpha value is -0.410. The van der Waals surface area contributed by atoms with Gasteiger partial charge in [-0.1, -0.05) is 43.6 Å². The fourth-order valence-corrected chi connectivity index (χ4v) is 2.71. The summed E-state index contributed by atoms with van der Waals surface area (Å²) in [6, 6.07) is 5.12. The van der Waals surface area contributed by atoms with Gasteiger partial charge in [-0.2, -0.15) is 0 Å². The van der Waals surface area contributed by atoms with Crippen LogP contribution in [0, 0.1) is 17.7 Å². The number of hydrogen-bond donors (Lipinski definition) is 0. The number of halogens is 2. The molecule has 1 rings (SSSR count). The van der Waals surface area contributed by atoms with Gasteiger partial charge in [0.05, 0.1) is 0 Å². The molecule has 0 amide bonds. The number of hydrogen-bond acceptors (Lipinski definition) is 1. The largest absolute Gasteiger partial charge is 0.299 e. The van der Waals surface area contributed by atoms with Crippen LogP contribution in [0.3, 0.4) is 0 Å². The van der Waals surface area contributed by atoms with Crippen LogP contribution >= 0.6 is 15.9 Å². The standard InChI is InChI=1S/C15H23BrFN/c1-11(2)8-18(9-12(3)4)10-13-5-14(16)7-15(17)6-13/h5-7,11-12H,8-10H2,1-4H3. The highest BCUT2D eigenvalue weighted by molar-refractivity contribution is 9.10. The monoisotopic (exact) mass is 315 g/mol. The highest BCUT2D eigenvalue weighted by atomic mass is 79.9. The van der Waals surface area contributed by atoms with Crippen molar-refractivity contribution in [1.82, 2.24) is 4.90 Å². The van der Waals surface area contributed by atoms with Gasteiger partial charge >= 0.3 is 0 Å². The summed E-state index contributed by atoms with van der Waals surface area (Å²) in [5.74, 6) is 1.08. The van der Waals surface area contributed by atoms with Crippen molar-refractivity contribution in [3.63, 3.8) is 0 Å². The van der Waals surface area contributed by atoms with E-state index in [2.05, 4.69) is 48.5 Å². The third-order valence-electron chi connectivity index (χ3n) is 2.58. The molecule has 0 radical (unpaired) electrons. The summed E-state index contributed by atoms with van der Waals surface area (Å²) in [6.45, 7) is 11.8. The predicted octanol–water partition coefficient (Wildman–Crippen LogP) is 4.70. The fraction of sp³-hybridized carbons (Fsp3) is 0.600. The van der Waals surface area contributed by atoms with Crippen molar-refractivity contribution in [2.75, 3.05) is 13.1 Å². The van der Waals surface area contributed by atoms with Gasteiger partial charge in [-0.15, -0.1) is 0 Å². The quantitative estimate of drug-likeness (QED) is 0.735. The van der Waals surface area contributed by atoms with Crippen LogP contribution in [-0.4, -0.2) is 18.0 Å². The van der Waals surface area contributed by atoms with Crippen molar-refractivity contribution in [1.29, 1.82) is 0 Å². The molecule has 0 N–H and O–H groups in total. The van der Waals surface area contributed by atoms with Crippen molar-refractivity contribution >= 4 is 15.9 Å². The summed E-state index contributed by atoms with van der Waals surface area (Å²) in [5.41, 5.74) is 1.03. The topological polar surface area (TPSA) is 3.24 Å². The second-order valence-corrected chi connectivity index (χ2v) is 6.68. The van der Waals surface area contributed by atoms with Gasteiger partial charge in [0.1, 0.15) is 5.82 Å². The van der Waals surface area contributed by atoms with Gasteiger partial charge in [-0.05, 0) is 35.6 Å². The van der Waals surface area contributed by atoms with Gasteiger partial charge in [-0.25, -0.2) is 4.39 Å². The average Bonchev–Trinajstić information content (AvgIpc) is 2.12. The van der Waals surface area contributed by atoms with Gasteiger partial charge in [0.15, 0.2) is 0 Å². The van der Waals surface area contributed by atoms with Crippen LogP contribution in [0.15, 0.2) is 22.7 Å². The second-order valence-electron chi connectivity index (χ2n) is 5.76. The molecule has 102 valence electrons. The lowest BCUT2D eigenvalue weighted by molar-refractivity contribution is 0.211. The van der Waals surface area contributed by atoms with Crippen molar-refractivity contribution in [2.24, 2.45) is 11.8 Å². The maximum absolute atomic E-state index is 13.4. The Labute approximate surface area is 119 Å². The molecule has 0 aliphatic rings. The second kappa shape index (κ2) is 7.25. The van der Waals surface area contributed by atoms with E-state index < -0.39 is 0 Å². The Balaban J connectivity index is 2.74. The van der Waals surface area contributed by atoms with Crippen LogP contribution < -0.4 is 0 Å². The molecule has 0 heterocycles. The third kappa shape index (κ3) is 5.96. The summed E-state index contributed by atoms with van der Waals surface area (Å²) >= 11 is 3.35. The first-order chi connectivity index (χ1) is 8.36. The predicted molar refractivity (Wildman–Crippen MR) is 79.1 cm³/mol. The molecule has 0 spiro atoms. The molecule has 1 nitrogen and oxygen atoms in total. The molecule has 0 unspecified atom stereocenters. The first kappa shape index (κ1) is 15.6. The SMILES string of the molecule is CC(C)CN(Cc1cc(F)cc(Br)c1)CC(C)C. The van der Waals surface area contributed by atoms with Crippen molar-refractivity contribution in [3.05, 3.63) is 34.1 Å². The van der Waals surface area contributed by atoms with E-state index in [-0.39, 0.29) is 5.82 Å². The molecule has 0 aromatic heterocycles. The van der Waals surface area contributed by atoms with Crippen LogP contribution in [-0.2, 0) is 6.54 Å². The number of benzene rings is 1. The zero-order valence-electron chi connectivity index (χ0n) is 11.7. The van der Waals surface area contributed by atoms with Crippen LogP contribution in [0.5, 0.6) is 0 Å². The zero-order valence-corrected chi connectivity index (χ0v) is 13.3. The van der Waals surface area contributed by atoms with Crippen LogP contribution in [0.4, 0.5) is 4.39 Å². The Morgan fingerprint density at radius 2 is 1.61 bits per heavy atom. The van der Waals surface area contributed by atoms with Gasteiger partial charge < -0.3 is 0 Å². The van der Waals surface area contributed by atoms with E-state index >= 15 is 0 Å². The normalized spacial score (nSPS) is 11.8. The molecule has 0 saturated heterocycles. The molecule has 0 atom stereocenters. The Morgan fingerprint density at radius 1 is 1.06 bits per heavy atom. The third-order valence-corrected chi connectivity index (χ3v) is 3.03. The Kier molecular flexibility index (Phi) is 6.30. The molecule has 1 aromatic rings. The number of nitrogens with zero attached hydrogens (tertiary/aromatic N) is 1. The van der Waals surface area contributed by atoms with Crippen LogP contribution in [0.2, 0.25) is 0 Å². The maximum Gasteiger partial charge on any atom is 0.124 e. The van der Waals surface area contributed by atoms with E-state index in [0.717, 1.165) is 29.7 Å². The molecule has 0 aliphatic heterocycles. The van der Waals surface area contributed by atoms with Crippen LogP contribution in [0.25, 0.3) is 0 Å². The lowest BCUT2D eigenvalue weighted by atomic mass is 10.1. The number of rotatable bonds is 6. The molecule has 0 aliphatic carbocycles. The Morgan fingerprint density at radius 3 is 2.06 bits per heavy atom. The molecule has 0 saturated carbocycles. The van der Waals surface area contributed by atoms with E-state index in [4.69, 9.17) is 0 Å². The highest BCUT2D eigenvalue weighted by Gasteiger charge is 2.11. The average molecular weight is 316 g/mol. The summed E-state index contributed by atoms with van der Waals surface area (Å²) in [5, 5.41) is 0. The minimum absolute atomic E-state index is 0.173. The summed E-state index contributed by atoms with van der Waals surface area (Å²) in [6.07, 6.45) is 0. The first-order valence-corrected chi connectivity index (χ1v) is 7.33. The van der Waals surface area contributed by atoms with E-state index in [1.807, 2.05) is 6.07 Å². The van der Waals surface area contributed by atoms with Crippen molar-refractivity contribution < 1.29 is 4.39 Å². The fourth-order valence-electron chi connectivity index (χ4n) is 2.20. The van der Waals surface area contributed by atoms with Crippen molar-refractivity contribution in [2.45, 2.75) is 34.2 Å². The molecular formula is C15H23BrFN. The molecule has 1 aromatic carbocycles. The van der Waals surface area contributed by atoms with E-state index in [0.29, 0.717) is 11.8 Å². The van der Waals surface area contributed by atoms with Gasteiger partial charge in [-0.3, -0.25) is 4.90 Å². The van der Waals surface area contributed by atoms with Gasteiger partial charge in [0.2, 0.25) is 0 Å². The highest BCUT2D eigenvalue weighted by Crippen LogP contribution is 2.17. The van der Waals surface area contributed by atoms with Gasteiger partial charge in [0, 0.05) is 24.1 Å².